The Bertz CT molecular complexity index is 586. The summed E-state index contributed by atoms with van der Waals surface area (Å²) in [5.41, 5.74) is 0.738. The number of carbonyl (C=O) groups is 1. The van der Waals surface area contributed by atoms with Crippen LogP contribution in [-0.4, -0.2) is 29.3 Å². The lowest BCUT2D eigenvalue weighted by atomic mass is 10.1. The van der Waals surface area contributed by atoms with E-state index in [1.54, 1.807) is 12.1 Å². The highest BCUT2D eigenvalue weighted by molar-refractivity contribution is 5.96. The summed E-state index contributed by atoms with van der Waals surface area (Å²) in [5.74, 6) is -0.167. The Morgan fingerprint density at radius 3 is 2.94 bits per heavy atom. The Kier molecular flexibility index (Phi) is 2.07. The molecule has 1 saturated carbocycles. The smallest absolute Gasteiger partial charge is 0.335 e. The quantitative estimate of drug-likeness (QED) is 0.878. The van der Waals surface area contributed by atoms with Gasteiger partial charge in [-0.05, 0) is 31.0 Å². The first-order valence-electron chi connectivity index (χ1n) is 5.52. The average molecular weight is 232 g/mol. The van der Waals surface area contributed by atoms with Gasteiger partial charge in [0.1, 0.15) is 0 Å². The minimum Gasteiger partial charge on any atom is -0.478 e. The van der Waals surface area contributed by atoms with Crippen molar-refractivity contribution in [3.8, 4) is 0 Å². The molecule has 0 atom stereocenters. The second-order valence-corrected chi connectivity index (χ2v) is 4.36. The van der Waals surface area contributed by atoms with Crippen LogP contribution in [0.4, 0.5) is 5.82 Å². The number of aromatic carboxylic acids is 1. The van der Waals surface area contributed by atoms with Crippen LogP contribution < -0.4 is 4.90 Å². The highest BCUT2D eigenvalue weighted by Gasteiger charge is 2.29. The van der Waals surface area contributed by atoms with Gasteiger partial charge in [0.05, 0.1) is 10.9 Å². The third-order valence-corrected chi connectivity index (χ3v) is 3.13. The van der Waals surface area contributed by atoms with Crippen molar-refractivity contribution in [2.24, 2.45) is 0 Å². The standard InChI is InChI=1S/C12H12N2O3/c1-14(8-3-4-8)11-9-5-2-7(12(15)16)6-10(9)17-13-11/h2,5-6,8H,3-4H2,1H3,(H,15,16). The van der Waals surface area contributed by atoms with Gasteiger partial charge in [-0.15, -0.1) is 0 Å². The number of hydrogen-bond donors (Lipinski definition) is 1. The molecule has 0 radical (unpaired) electrons. The Morgan fingerprint density at radius 2 is 2.29 bits per heavy atom. The van der Waals surface area contributed by atoms with Crippen LogP contribution in [0, 0.1) is 0 Å². The zero-order valence-corrected chi connectivity index (χ0v) is 9.38. The van der Waals surface area contributed by atoms with E-state index in [-0.39, 0.29) is 5.56 Å². The first-order chi connectivity index (χ1) is 8.16. The maximum Gasteiger partial charge on any atom is 0.335 e. The lowest BCUT2D eigenvalue weighted by molar-refractivity contribution is 0.0697. The SMILES string of the molecule is CN(c1noc2cc(C(=O)O)ccc12)C1CC1. The summed E-state index contributed by atoms with van der Waals surface area (Å²) in [4.78, 5) is 12.9. The molecule has 0 unspecified atom stereocenters. The molecule has 5 heteroatoms. The van der Waals surface area contributed by atoms with Gasteiger partial charge in [0.2, 0.25) is 0 Å². The van der Waals surface area contributed by atoms with E-state index in [2.05, 4.69) is 10.1 Å². The second-order valence-electron chi connectivity index (χ2n) is 4.36. The number of hydrogen-bond acceptors (Lipinski definition) is 4. The molecule has 1 N–H and O–H groups in total. The fourth-order valence-corrected chi connectivity index (χ4v) is 1.95. The normalized spacial score (nSPS) is 15.1. The highest BCUT2D eigenvalue weighted by atomic mass is 16.5. The van der Waals surface area contributed by atoms with Gasteiger partial charge < -0.3 is 14.5 Å². The van der Waals surface area contributed by atoms with E-state index in [9.17, 15) is 4.79 Å². The van der Waals surface area contributed by atoms with E-state index < -0.39 is 5.97 Å². The number of benzene rings is 1. The number of carboxylic acids is 1. The van der Waals surface area contributed by atoms with Gasteiger partial charge in [-0.2, -0.15) is 0 Å². The van der Waals surface area contributed by atoms with Gasteiger partial charge in [-0.1, -0.05) is 5.16 Å². The molecule has 1 heterocycles. The number of aromatic nitrogens is 1. The van der Waals surface area contributed by atoms with Crippen molar-refractivity contribution in [1.82, 2.24) is 5.16 Å². The summed E-state index contributed by atoms with van der Waals surface area (Å²) in [6.45, 7) is 0. The van der Waals surface area contributed by atoms with Crippen molar-refractivity contribution in [3.05, 3.63) is 23.8 Å². The number of anilines is 1. The van der Waals surface area contributed by atoms with Crippen molar-refractivity contribution >= 4 is 22.8 Å². The van der Waals surface area contributed by atoms with Gasteiger partial charge in [0, 0.05) is 13.1 Å². The lowest BCUT2D eigenvalue weighted by Gasteiger charge is -2.14. The largest absolute Gasteiger partial charge is 0.478 e. The van der Waals surface area contributed by atoms with Gasteiger partial charge in [0.25, 0.3) is 0 Å². The van der Waals surface area contributed by atoms with Crippen LogP contribution in [0.3, 0.4) is 0 Å². The van der Waals surface area contributed by atoms with Crippen molar-refractivity contribution in [2.75, 3.05) is 11.9 Å². The van der Waals surface area contributed by atoms with E-state index in [4.69, 9.17) is 9.63 Å². The fourth-order valence-electron chi connectivity index (χ4n) is 1.95. The molecule has 1 aliphatic carbocycles. The number of rotatable bonds is 3. The van der Waals surface area contributed by atoms with Gasteiger partial charge in [0.15, 0.2) is 11.4 Å². The molecule has 88 valence electrons. The van der Waals surface area contributed by atoms with E-state index in [1.807, 2.05) is 7.05 Å². The van der Waals surface area contributed by atoms with Crippen molar-refractivity contribution in [1.29, 1.82) is 0 Å². The zero-order chi connectivity index (χ0) is 12.0. The summed E-state index contributed by atoms with van der Waals surface area (Å²) in [7, 11) is 1.99. The van der Waals surface area contributed by atoms with E-state index >= 15 is 0 Å². The Labute approximate surface area is 97.6 Å². The predicted molar refractivity (Wildman–Crippen MR) is 62.4 cm³/mol. The molecule has 1 aromatic carbocycles. The van der Waals surface area contributed by atoms with Gasteiger partial charge >= 0.3 is 5.97 Å². The molecule has 0 spiro atoms. The van der Waals surface area contributed by atoms with E-state index in [0.29, 0.717) is 11.6 Å². The number of nitrogens with zero attached hydrogens (tertiary/aromatic N) is 2. The average Bonchev–Trinajstić information content (AvgIpc) is 3.07. The third kappa shape index (κ3) is 1.63. The fraction of sp³-hybridized carbons (Fsp3) is 0.333. The van der Waals surface area contributed by atoms with Gasteiger partial charge in [-0.25, -0.2) is 4.79 Å². The molecule has 17 heavy (non-hydrogen) atoms. The Balaban J connectivity index is 2.07. The molecule has 0 amide bonds. The van der Waals surface area contributed by atoms with Crippen LogP contribution in [0.2, 0.25) is 0 Å². The summed E-state index contributed by atoms with van der Waals surface area (Å²) in [6.07, 6.45) is 2.36. The minimum absolute atomic E-state index is 0.217. The second kappa shape index (κ2) is 3.48. The molecule has 1 aromatic heterocycles. The van der Waals surface area contributed by atoms with Crippen LogP contribution in [0.1, 0.15) is 23.2 Å². The van der Waals surface area contributed by atoms with Crippen LogP contribution in [0.5, 0.6) is 0 Å². The van der Waals surface area contributed by atoms with Crippen molar-refractivity contribution < 1.29 is 14.4 Å². The monoisotopic (exact) mass is 232 g/mol. The van der Waals surface area contributed by atoms with Crippen LogP contribution >= 0.6 is 0 Å². The lowest BCUT2D eigenvalue weighted by Crippen LogP contribution is -2.19. The molecule has 0 saturated heterocycles. The molecule has 1 aliphatic rings. The first-order valence-corrected chi connectivity index (χ1v) is 5.52. The van der Waals surface area contributed by atoms with Crippen LogP contribution in [-0.2, 0) is 0 Å². The Morgan fingerprint density at radius 1 is 1.53 bits per heavy atom. The van der Waals surface area contributed by atoms with Crippen LogP contribution in [0.15, 0.2) is 22.7 Å². The molecule has 0 aliphatic heterocycles. The molecule has 3 rings (SSSR count). The van der Waals surface area contributed by atoms with Crippen LogP contribution in [0.25, 0.3) is 11.0 Å². The number of fused-ring (bicyclic) bond motifs is 1. The third-order valence-electron chi connectivity index (χ3n) is 3.13. The summed E-state index contributed by atoms with van der Waals surface area (Å²) >= 11 is 0. The summed E-state index contributed by atoms with van der Waals surface area (Å²) in [6, 6.07) is 5.38. The summed E-state index contributed by atoms with van der Waals surface area (Å²) < 4.78 is 5.18. The van der Waals surface area contributed by atoms with Gasteiger partial charge in [-0.3, -0.25) is 0 Å². The zero-order valence-electron chi connectivity index (χ0n) is 9.38. The van der Waals surface area contributed by atoms with E-state index in [0.717, 1.165) is 11.2 Å². The number of carboxylic acid groups (broad SMARTS) is 1. The highest BCUT2D eigenvalue weighted by Crippen LogP contribution is 2.34. The predicted octanol–water partition coefficient (Wildman–Crippen LogP) is 2.12. The first kappa shape index (κ1) is 10.1. The van der Waals surface area contributed by atoms with Crippen molar-refractivity contribution in [2.45, 2.75) is 18.9 Å². The molecule has 5 nitrogen and oxygen atoms in total. The molecular formula is C12H12N2O3. The summed E-state index contributed by atoms with van der Waals surface area (Å²) in [5, 5.41) is 13.8. The maximum absolute atomic E-state index is 10.8. The van der Waals surface area contributed by atoms with Crippen molar-refractivity contribution in [3.63, 3.8) is 0 Å². The minimum atomic E-state index is -0.958. The van der Waals surface area contributed by atoms with E-state index in [1.165, 1.54) is 18.9 Å². The molecular weight excluding hydrogens is 220 g/mol. The maximum atomic E-state index is 10.8. The molecule has 2 aromatic rings. The topological polar surface area (TPSA) is 66.6 Å². The molecule has 1 fully saturated rings. The Hall–Kier alpha value is -2.04. The molecule has 0 bridgehead atoms.